The van der Waals surface area contributed by atoms with Crippen LogP contribution in [0.3, 0.4) is 0 Å². The average molecular weight is 479 g/mol. The maximum absolute atomic E-state index is 12.9. The molecule has 1 fully saturated rings. The van der Waals surface area contributed by atoms with Gasteiger partial charge in [0, 0.05) is 12.3 Å². The van der Waals surface area contributed by atoms with Crippen molar-refractivity contribution in [2.24, 2.45) is 29.1 Å². The summed E-state index contributed by atoms with van der Waals surface area (Å²) in [4.78, 5) is 24.6. The first-order valence-electron chi connectivity index (χ1n) is 11.6. The molecule has 0 radical (unpaired) electrons. The van der Waals surface area contributed by atoms with Gasteiger partial charge in [-0.15, -0.1) is 0 Å². The van der Waals surface area contributed by atoms with E-state index in [0.717, 1.165) is 25.7 Å². The van der Waals surface area contributed by atoms with E-state index in [1.54, 1.807) is 0 Å². The molecule has 32 heavy (non-hydrogen) atoms. The quantitative estimate of drug-likeness (QED) is 0.467. The third-order valence-electron chi connectivity index (χ3n) is 7.35. The third-order valence-corrected chi connectivity index (χ3v) is 7.35. The number of hydrogen-bond acceptors (Lipinski definition) is 5. The molecule has 0 aromatic rings. The van der Waals surface area contributed by atoms with Crippen molar-refractivity contribution in [1.82, 2.24) is 0 Å². The Balaban J connectivity index is 0.00000256. The molecule has 0 aromatic heterocycles. The zero-order chi connectivity index (χ0) is 22.1. The van der Waals surface area contributed by atoms with Gasteiger partial charge in [-0.25, -0.2) is 0 Å². The summed E-state index contributed by atoms with van der Waals surface area (Å²) < 4.78 is 11.6. The zero-order valence-corrected chi connectivity index (χ0v) is 19.6. The van der Waals surface area contributed by atoms with Gasteiger partial charge in [-0.2, -0.15) is 0 Å². The monoisotopic (exact) mass is 478 g/mol. The normalized spacial score (nSPS) is 34.2. The molecule has 3 N–H and O–H groups in total. The summed E-state index contributed by atoms with van der Waals surface area (Å²) in [5.74, 6) is 0.776. The van der Waals surface area contributed by atoms with Gasteiger partial charge in [-0.3, -0.25) is 9.59 Å². The van der Waals surface area contributed by atoms with Gasteiger partial charge in [0.05, 0.1) is 17.9 Å². The van der Waals surface area contributed by atoms with E-state index in [1.165, 1.54) is 5.57 Å². The van der Waals surface area contributed by atoms with E-state index in [2.05, 4.69) is 32.1 Å². The standard InChI is InChI=1S/C25H38O5.Ca.H2O.2H/c1-6-25(4,5)24(28)30-21-12-15(2)11-17-8-7-16(3)20(23(17)21)10-9-19-13-18(26)14-22(27)29-19;;;;/h7-8,11,15-16,18-21,23,26H,6,9-10,12-14H2,1-5H3;;1H2;;/t15-,16-,18+,19+,20-,21-,23-;;;;/m0..../s1. The van der Waals surface area contributed by atoms with Crippen molar-refractivity contribution >= 4 is 49.7 Å². The van der Waals surface area contributed by atoms with Crippen LogP contribution >= 0.6 is 0 Å². The number of aliphatic hydroxyl groups excluding tert-OH is 1. The van der Waals surface area contributed by atoms with E-state index in [0.29, 0.717) is 24.2 Å². The van der Waals surface area contributed by atoms with E-state index in [4.69, 9.17) is 9.47 Å². The van der Waals surface area contributed by atoms with Gasteiger partial charge in [0.25, 0.3) is 0 Å². The molecule has 7 atom stereocenters. The van der Waals surface area contributed by atoms with Crippen molar-refractivity contribution in [3.8, 4) is 0 Å². The van der Waals surface area contributed by atoms with Gasteiger partial charge in [0.2, 0.25) is 0 Å². The number of aliphatic hydroxyl groups is 1. The van der Waals surface area contributed by atoms with E-state index in [1.807, 2.05) is 20.8 Å². The Bertz CT molecular complexity index is 715. The van der Waals surface area contributed by atoms with Crippen LogP contribution in [0.5, 0.6) is 0 Å². The van der Waals surface area contributed by atoms with Crippen molar-refractivity contribution in [2.45, 2.75) is 91.5 Å². The second-order valence-corrected chi connectivity index (χ2v) is 10.3. The van der Waals surface area contributed by atoms with Crippen LogP contribution in [0.15, 0.2) is 23.8 Å². The third kappa shape index (κ3) is 7.05. The summed E-state index contributed by atoms with van der Waals surface area (Å²) in [6.07, 6.45) is 9.61. The molecule has 7 heteroatoms. The predicted molar refractivity (Wildman–Crippen MR) is 128 cm³/mol. The van der Waals surface area contributed by atoms with Crippen molar-refractivity contribution in [3.05, 3.63) is 23.8 Å². The average Bonchev–Trinajstić information content (AvgIpc) is 2.66. The number of esters is 2. The van der Waals surface area contributed by atoms with Crippen LogP contribution in [0.2, 0.25) is 0 Å². The van der Waals surface area contributed by atoms with E-state index < -0.39 is 11.5 Å². The van der Waals surface area contributed by atoms with Crippen molar-refractivity contribution in [3.63, 3.8) is 0 Å². The maximum atomic E-state index is 12.9. The van der Waals surface area contributed by atoms with E-state index in [9.17, 15) is 14.7 Å². The molecular weight excluding hydrogens is 436 g/mol. The van der Waals surface area contributed by atoms with Crippen molar-refractivity contribution in [2.75, 3.05) is 0 Å². The van der Waals surface area contributed by atoms with Crippen LogP contribution in [0, 0.1) is 29.1 Å². The van der Waals surface area contributed by atoms with E-state index >= 15 is 0 Å². The Morgan fingerprint density at radius 1 is 1.25 bits per heavy atom. The van der Waals surface area contributed by atoms with Gasteiger partial charge < -0.3 is 20.1 Å². The summed E-state index contributed by atoms with van der Waals surface area (Å²) in [5.41, 5.74) is 0.785. The number of rotatable bonds is 6. The predicted octanol–water partition coefficient (Wildman–Crippen LogP) is 2.84. The Hall–Kier alpha value is -0.400. The fourth-order valence-corrected chi connectivity index (χ4v) is 5.08. The van der Waals surface area contributed by atoms with Gasteiger partial charge in [-0.05, 0) is 62.9 Å². The molecule has 3 rings (SSSR count). The molecule has 0 saturated carbocycles. The molecule has 0 amide bonds. The fourth-order valence-electron chi connectivity index (χ4n) is 5.08. The minimum absolute atomic E-state index is 0. The van der Waals surface area contributed by atoms with Crippen LogP contribution < -0.4 is 0 Å². The van der Waals surface area contributed by atoms with Crippen molar-refractivity contribution in [1.29, 1.82) is 0 Å². The molecule has 0 spiro atoms. The van der Waals surface area contributed by atoms with Crippen LogP contribution in [-0.4, -0.2) is 78.6 Å². The molecule has 1 heterocycles. The first kappa shape index (κ1) is 29.6. The number of hydrogen-bond donors (Lipinski definition) is 1. The minimum atomic E-state index is -0.601. The van der Waals surface area contributed by atoms with Crippen LogP contribution in [-0.2, 0) is 19.1 Å². The molecule has 180 valence electrons. The van der Waals surface area contributed by atoms with Crippen LogP contribution in [0.25, 0.3) is 0 Å². The fraction of sp³-hybridized carbons (Fsp3) is 0.760. The Morgan fingerprint density at radius 2 is 1.94 bits per heavy atom. The molecule has 2 aliphatic carbocycles. The molecule has 1 saturated heterocycles. The molecule has 3 aliphatic rings. The molecular formula is C25H42CaO6. The number of allylic oxidation sites excluding steroid dienone is 3. The van der Waals surface area contributed by atoms with Gasteiger partial charge in [-0.1, -0.05) is 39.0 Å². The SMILES string of the molecule is CCC(C)(C)C(=O)O[C@H]1C[C@@H](C)C=C2C=C[C@H](C)[C@H](CC[C@@H]3C[C@@H](O)CC(=O)O3)[C@H]21.O.[CaH2]. The first-order chi connectivity index (χ1) is 14.1. The second kappa shape index (κ2) is 12.3. The number of fused-ring (bicyclic) bond motifs is 1. The molecule has 0 aromatic carbocycles. The Labute approximate surface area is 222 Å². The molecule has 0 bridgehead atoms. The number of carbonyl (C=O) groups excluding carboxylic acids is 2. The number of cyclic esters (lactones) is 1. The molecule has 0 unspecified atom stereocenters. The summed E-state index contributed by atoms with van der Waals surface area (Å²) in [6.45, 7) is 10.3. The number of ether oxygens (including phenoxy) is 2. The summed E-state index contributed by atoms with van der Waals surface area (Å²) in [5, 5.41) is 9.92. The van der Waals surface area contributed by atoms with E-state index in [-0.39, 0.29) is 79.7 Å². The summed E-state index contributed by atoms with van der Waals surface area (Å²) in [6, 6.07) is 0. The first-order valence-corrected chi connectivity index (χ1v) is 11.6. The second-order valence-electron chi connectivity index (χ2n) is 10.3. The van der Waals surface area contributed by atoms with Crippen LogP contribution in [0.4, 0.5) is 0 Å². The summed E-state index contributed by atoms with van der Waals surface area (Å²) in [7, 11) is 0. The Morgan fingerprint density at radius 3 is 2.56 bits per heavy atom. The van der Waals surface area contributed by atoms with Gasteiger partial charge in [0.1, 0.15) is 12.2 Å². The molecule has 1 aliphatic heterocycles. The number of carbonyl (C=O) groups is 2. The van der Waals surface area contributed by atoms with Gasteiger partial charge >= 0.3 is 49.7 Å². The molecule has 6 nitrogen and oxygen atoms in total. The Kier molecular flexibility index (Phi) is 11.4. The van der Waals surface area contributed by atoms with Crippen molar-refractivity contribution < 1.29 is 29.6 Å². The van der Waals surface area contributed by atoms with Gasteiger partial charge in [0.15, 0.2) is 0 Å². The van der Waals surface area contributed by atoms with Crippen LogP contribution in [0.1, 0.15) is 73.1 Å². The zero-order valence-electron chi connectivity index (χ0n) is 19.6. The topological polar surface area (TPSA) is 104 Å². The summed E-state index contributed by atoms with van der Waals surface area (Å²) >= 11 is 0.